The zero-order chi connectivity index (χ0) is 11.5. The van der Waals surface area contributed by atoms with E-state index in [2.05, 4.69) is 20.8 Å². The molecule has 16 heavy (non-hydrogen) atoms. The second-order valence-corrected chi connectivity index (χ2v) is 3.51. The Morgan fingerprint density at radius 2 is 2.31 bits per heavy atom. The molecule has 0 aliphatic rings. The summed E-state index contributed by atoms with van der Waals surface area (Å²) >= 11 is 6.04. The number of carbonyl (C=O) groups is 1. The Labute approximate surface area is 96.2 Å². The smallest absolute Gasteiger partial charge is 0.221 e. The predicted octanol–water partition coefficient (Wildman–Crippen LogP) is 1.27. The minimum Gasteiger partial charge on any atom is -0.326 e. The van der Waals surface area contributed by atoms with Crippen molar-refractivity contribution in [3.63, 3.8) is 0 Å². The predicted molar refractivity (Wildman–Crippen MR) is 58.5 cm³/mol. The highest BCUT2D eigenvalue weighted by molar-refractivity contribution is 6.32. The molecule has 1 heterocycles. The van der Waals surface area contributed by atoms with Gasteiger partial charge in [0.05, 0.1) is 10.7 Å². The van der Waals surface area contributed by atoms with E-state index in [1.165, 1.54) is 17.9 Å². The van der Waals surface area contributed by atoms with Gasteiger partial charge in [-0.3, -0.25) is 4.79 Å². The maximum absolute atomic E-state index is 10.8. The molecule has 6 nitrogen and oxygen atoms in total. The molecule has 0 aliphatic carbocycles. The first-order valence-corrected chi connectivity index (χ1v) is 4.85. The number of anilines is 1. The van der Waals surface area contributed by atoms with Crippen molar-refractivity contribution >= 4 is 23.2 Å². The number of nitrogens with one attached hydrogen (secondary N) is 1. The van der Waals surface area contributed by atoms with Crippen molar-refractivity contribution in [1.82, 2.24) is 20.2 Å². The first-order valence-electron chi connectivity index (χ1n) is 4.47. The van der Waals surface area contributed by atoms with Gasteiger partial charge in [-0.1, -0.05) is 11.6 Å². The Kier molecular flexibility index (Phi) is 2.82. The summed E-state index contributed by atoms with van der Waals surface area (Å²) in [5, 5.41) is 13.8. The van der Waals surface area contributed by atoms with Crippen LogP contribution in [0.4, 0.5) is 5.69 Å². The van der Waals surface area contributed by atoms with Crippen molar-refractivity contribution in [3.8, 4) is 5.69 Å². The molecule has 0 atom stereocenters. The van der Waals surface area contributed by atoms with Gasteiger partial charge >= 0.3 is 0 Å². The van der Waals surface area contributed by atoms with Gasteiger partial charge in [0.15, 0.2) is 0 Å². The quantitative estimate of drug-likeness (QED) is 0.854. The van der Waals surface area contributed by atoms with E-state index in [0.717, 1.165) is 0 Å². The van der Waals surface area contributed by atoms with E-state index in [-0.39, 0.29) is 5.91 Å². The third kappa shape index (κ3) is 2.17. The van der Waals surface area contributed by atoms with Crippen LogP contribution in [0.15, 0.2) is 24.5 Å². The fraction of sp³-hybridized carbons (Fsp3) is 0.111. The number of hydrogen-bond acceptors (Lipinski definition) is 4. The average Bonchev–Trinajstić information content (AvgIpc) is 2.69. The van der Waals surface area contributed by atoms with E-state index in [4.69, 9.17) is 11.6 Å². The Morgan fingerprint density at radius 1 is 1.50 bits per heavy atom. The monoisotopic (exact) mass is 237 g/mol. The summed E-state index contributed by atoms with van der Waals surface area (Å²) in [6.45, 7) is 1.43. The lowest BCUT2D eigenvalue weighted by Gasteiger charge is -2.06. The Morgan fingerprint density at radius 3 is 2.88 bits per heavy atom. The Balaban J connectivity index is 2.34. The van der Waals surface area contributed by atoms with E-state index >= 15 is 0 Å². The standard InChI is InChI=1S/C9H8ClN5O/c1-6(16)12-7-2-3-9(8(10)4-7)15-5-11-13-14-15/h2-5H,1H3,(H,12,16). The third-order valence-corrected chi connectivity index (χ3v) is 2.17. The summed E-state index contributed by atoms with van der Waals surface area (Å²) in [5.41, 5.74) is 1.29. The molecular weight excluding hydrogens is 230 g/mol. The van der Waals surface area contributed by atoms with E-state index in [1.54, 1.807) is 18.2 Å². The van der Waals surface area contributed by atoms with Crippen LogP contribution in [0.2, 0.25) is 5.02 Å². The molecular formula is C9H8ClN5O. The van der Waals surface area contributed by atoms with Crippen LogP contribution in [0.1, 0.15) is 6.92 Å². The maximum Gasteiger partial charge on any atom is 0.221 e. The molecule has 0 fully saturated rings. The highest BCUT2D eigenvalue weighted by Gasteiger charge is 2.05. The number of benzene rings is 1. The van der Waals surface area contributed by atoms with Gasteiger partial charge in [-0.2, -0.15) is 4.68 Å². The minimum absolute atomic E-state index is 0.147. The third-order valence-electron chi connectivity index (χ3n) is 1.86. The molecule has 0 saturated heterocycles. The zero-order valence-corrected chi connectivity index (χ0v) is 9.14. The molecule has 0 unspecified atom stereocenters. The largest absolute Gasteiger partial charge is 0.326 e. The molecule has 1 amide bonds. The van der Waals surface area contributed by atoms with E-state index in [0.29, 0.717) is 16.4 Å². The van der Waals surface area contributed by atoms with Crippen LogP contribution >= 0.6 is 11.6 Å². The van der Waals surface area contributed by atoms with Gasteiger partial charge in [0.1, 0.15) is 6.33 Å². The van der Waals surface area contributed by atoms with Crippen LogP contribution in [-0.2, 0) is 4.79 Å². The van der Waals surface area contributed by atoms with Crippen LogP contribution in [-0.4, -0.2) is 26.1 Å². The number of amides is 1. The fourth-order valence-corrected chi connectivity index (χ4v) is 1.51. The normalized spacial score (nSPS) is 10.1. The van der Waals surface area contributed by atoms with Crippen molar-refractivity contribution in [1.29, 1.82) is 0 Å². The SMILES string of the molecule is CC(=O)Nc1ccc(-n2cnnn2)c(Cl)c1. The van der Waals surface area contributed by atoms with Gasteiger partial charge in [-0.25, -0.2) is 0 Å². The molecule has 7 heteroatoms. The van der Waals surface area contributed by atoms with Crippen molar-refractivity contribution in [2.24, 2.45) is 0 Å². The molecule has 2 aromatic rings. The topological polar surface area (TPSA) is 72.7 Å². The summed E-state index contributed by atoms with van der Waals surface area (Å²) < 4.78 is 1.44. The molecule has 1 aromatic heterocycles. The molecule has 2 rings (SSSR count). The van der Waals surface area contributed by atoms with Crippen LogP contribution in [0.25, 0.3) is 5.69 Å². The van der Waals surface area contributed by atoms with Gasteiger partial charge in [-0.05, 0) is 28.6 Å². The van der Waals surface area contributed by atoms with Crippen LogP contribution in [0.3, 0.4) is 0 Å². The minimum atomic E-state index is -0.147. The van der Waals surface area contributed by atoms with Gasteiger partial charge < -0.3 is 5.32 Å². The van der Waals surface area contributed by atoms with Gasteiger partial charge in [0.25, 0.3) is 0 Å². The van der Waals surface area contributed by atoms with Crippen molar-refractivity contribution in [2.45, 2.75) is 6.92 Å². The van der Waals surface area contributed by atoms with Crippen LogP contribution in [0.5, 0.6) is 0 Å². The maximum atomic E-state index is 10.8. The van der Waals surface area contributed by atoms with E-state index in [9.17, 15) is 4.79 Å². The van der Waals surface area contributed by atoms with Gasteiger partial charge in [0.2, 0.25) is 5.91 Å². The summed E-state index contributed by atoms with van der Waals surface area (Å²) in [4.78, 5) is 10.8. The van der Waals surface area contributed by atoms with Crippen molar-refractivity contribution in [2.75, 3.05) is 5.32 Å². The van der Waals surface area contributed by atoms with Crippen molar-refractivity contribution in [3.05, 3.63) is 29.5 Å². The summed E-state index contributed by atoms with van der Waals surface area (Å²) in [5.74, 6) is -0.147. The van der Waals surface area contributed by atoms with Gasteiger partial charge in [0, 0.05) is 12.6 Å². The molecule has 1 N–H and O–H groups in total. The molecule has 0 saturated carbocycles. The second kappa shape index (κ2) is 4.28. The lowest BCUT2D eigenvalue weighted by atomic mass is 10.3. The summed E-state index contributed by atoms with van der Waals surface area (Å²) in [7, 11) is 0. The molecule has 0 bridgehead atoms. The molecule has 82 valence electrons. The molecule has 0 spiro atoms. The number of nitrogens with zero attached hydrogens (tertiary/aromatic N) is 4. The summed E-state index contributed by atoms with van der Waals surface area (Å²) in [6.07, 6.45) is 1.44. The highest BCUT2D eigenvalue weighted by Crippen LogP contribution is 2.23. The molecule has 0 aliphatic heterocycles. The van der Waals surface area contributed by atoms with Crippen LogP contribution in [0, 0.1) is 0 Å². The van der Waals surface area contributed by atoms with Crippen molar-refractivity contribution < 1.29 is 4.79 Å². The fourth-order valence-electron chi connectivity index (χ4n) is 1.25. The zero-order valence-electron chi connectivity index (χ0n) is 8.38. The number of hydrogen-bond donors (Lipinski definition) is 1. The molecule has 1 aromatic carbocycles. The number of aromatic nitrogens is 4. The number of tetrazole rings is 1. The Bertz CT molecular complexity index is 511. The lowest BCUT2D eigenvalue weighted by Crippen LogP contribution is -2.06. The lowest BCUT2D eigenvalue weighted by molar-refractivity contribution is -0.114. The summed E-state index contributed by atoms with van der Waals surface area (Å²) in [6, 6.07) is 5.09. The highest BCUT2D eigenvalue weighted by atomic mass is 35.5. The number of halogens is 1. The Hall–Kier alpha value is -1.95. The number of carbonyl (C=O) groups excluding carboxylic acids is 1. The van der Waals surface area contributed by atoms with Gasteiger partial charge in [-0.15, -0.1) is 5.10 Å². The molecule has 0 radical (unpaired) electrons. The van der Waals surface area contributed by atoms with E-state index in [1.807, 2.05) is 0 Å². The average molecular weight is 238 g/mol. The first-order chi connectivity index (χ1) is 7.66. The first kappa shape index (κ1) is 10.6. The second-order valence-electron chi connectivity index (χ2n) is 3.10. The number of rotatable bonds is 2. The van der Waals surface area contributed by atoms with Crippen LogP contribution < -0.4 is 5.32 Å². The van der Waals surface area contributed by atoms with E-state index < -0.39 is 0 Å².